The molecule has 2 aliphatic rings. The van der Waals surface area contributed by atoms with Crippen molar-refractivity contribution in [1.82, 2.24) is 24.3 Å². The van der Waals surface area contributed by atoms with Crippen molar-refractivity contribution in [3.8, 4) is 34.5 Å². The van der Waals surface area contributed by atoms with E-state index >= 15 is 0 Å². The summed E-state index contributed by atoms with van der Waals surface area (Å²) in [6.07, 6.45) is 9.09. The van der Waals surface area contributed by atoms with Gasteiger partial charge in [0.05, 0.1) is 29.5 Å². The first kappa shape index (κ1) is 24.1. The summed E-state index contributed by atoms with van der Waals surface area (Å²) in [7, 11) is 2.15. The molecule has 5 heterocycles. The number of hydrogen-bond acceptors (Lipinski definition) is 7. The minimum absolute atomic E-state index is 0.103. The molecule has 4 aromatic rings. The molecule has 1 atom stereocenters. The fraction of sp³-hybridized carbons (Fsp3) is 0.345. The molecule has 2 fully saturated rings. The number of imidazole rings is 1. The molecule has 0 N–H and O–H groups in total. The number of piperidine rings is 1. The fourth-order valence-corrected chi connectivity index (χ4v) is 5.42. The number of aromatic nitrogens is 4. The van der Waals surface area contributed by atoms with Gasteiger partial charge in [-0.1, -0.05) is 12.1 Å². The van der Waals surface area contributed by atoms with Gasteiger partial charge in [0.1, 0.15) is 5.82 Å². The Balaban J connectivity index is 1.42. The van der Waals surface area contributed by atoms with Crippen LogP contribution >= 0.6 is 0 Å². The van der Waals surface area contributed by atoms with Crippen molar-refractivity contribution in [2.75, 3.05) is 38.2 Å². The van der Waals surface area contributed by atoms with Crippen LogP contribution in [-0.2, 0) is 4.79 Å². The molecule has 0 radical (unpaired) electrons. The molecule has 3 aromatic heterocycles. The number of ether oxygens (including phenoxy) is 1. The van der Waals surface area contributed by atoms with Gasteiger partial charge in [0.25, 0.3) is 0 Å². The highest BCUT2D eigenvalue weighted by Gasteiger charge is 2.25. The Morgan fingerprint density at radius 1 is 1.08 bits per heavy atom. The Morgan fingerprint density at radius 2 is 1.92 bits per heavy atom. The lowest BCUT2D eigenvalue weighted by Gasteiger charge is -2.29. The molecule has 2 saturated heterocycles. The highest BCUT2D eigenvalue weighted by molar-refractivity contribution is 5.95. The third kappa shape index (κ3) is 4.59. The van der Waals surface area contributed by atoms with Crippen LogP contribution in [-0.4, -0.2) is 63.4 Å². The topological polar surface area (TPSA) is 99.7 Å². The summed E-state index contributed by atoms with van der Waals surface area (Å²) in [6.45, 7) is 3.40. The summed E-state index contributed by atoms with van der Waals surface area (Å²) in [4.78, 5) is 30.6. The number of likely N-dealkylation sites (tertiary alicyclic amines) is 1. The van der Waals surface area contributed by atoms with Gasteiger partial charge < -0.3 is 9.64 Å². The van der Waals surface area contributed by atoms with Crippen LogP contribution in [0.15, 0.2) is 55.0 Å². The van der Waals surface area contributed by atoms with Crippen LogP contribution in [0, 0.1) is 17.2 Å². The number of carbonyl (C=O) groups excluding carboxylic acids is 1. The quantitative estimate of drug-likeness (QED) is 0.386. The average Bonchev–Trinajstić information content (AvgIpc) is 3.61. The number of amides is 1. The van der Waals surface area contributed by atoms with E-state index in [0.29, 0.717) is 54.2 Å². The Labute approximate surface area is 221 Å². The fourth-order valence-electron chi connectivity index (χ4n) is 5.42. The first-order valence-corrected chi connectivity index (χ1v) is 13.1. The second-order valence-corrected chi connectivity index (χ2v) is 10.1. The number of benzene rings is 1. The number of rotatable bonds is 6. The van der Waals surface area contributed by atoms with Crippen LogP contribution in [0.3, 0.4) is 0 Å². The predicted octanol–water partition coefficient (Wildman–Crippen LogP) is 4.18. The molecule has 38 heavy (non-hydrogen) atoms. The average molecular weight is 508 g/mol. The van der Waals surface area contributed by atoms with Crippen molar-refractivity contribution < 1.29 is 9.53 Å². The van der Waals surface area contributed by atoms with Crippen LogP contribution < -0.4 is 9.64 Å². The highest BCUT2D eigenvalue weighted by Crippen LogP contribution is 2.36. The number of anilines is 1. The van der Waals surface area contributed by atoms with E-state index in [1.54, 1.807) is 29.4 Å². The summed E-state index contributed by atoms with van der Waals surface area (Å²) in [5.74, 6) is 1.20. The summed E-state index contributed by atoms with van der Waals surface area (Å²) in [6, 6.07) is 13.9. The summed E-state index contributed by atoms with van der Waals surface area (Å²) in [5.41, 5.74) is 4.50. The van der Waals surface area contributed by atoms with Crippen LogP contribution in [0.2, 0.25) is 0 Å². The van der Waals surface area contributed by atoms with Gasteiger partial charge in [0.2, 0.25) is 5.91 Å². The second kappa shape index (κ2) is 10.2. The molecule has 0 bridgehead atoms. The molecule has 0 spiro atoms. The van der Waals surface area contributed by atoms with E-state index < -0.39 is 0 Å². The molecular formula is C29H29N7O2. The van der Waals surface area contributed by atoms with Crippen molar-refractivity contribution in [2.45, 2.75) is 25.7 Å². The Kier molecular flexibility index (Phi) is 6.48. The largest absolute Gasteiger partial charge is 0.464 e. The highest BCUT2D eigenvalue weighted by atomic mass is 16.5. The molecular weight excluding hydrogens is 478 g/mol. The van der Waals surface area contributed by atoms with Crippen LogP contribution in [0.5, 0.6) is 6.01 Å². The van der Waals surface area contributed by atoms with E-state index in [-0.39, 0.29) is 5.91 Å². The monoisotopic (exact) mass is 507 g/mol. The maximum atomic E-state index is 12.2. The zero-order valence-electron chi connectivity index (χ0n) is 21.4. The van der Waals surface area contributed by atoms with Gasteiger partial charge in [-0.25, -0.2) is 9.97 Å². The third-order valence-corrected chi connectivity index (χ3v) is 7.36. The molecule has 2 aliphatic heterocycles. The Morgan fingerprint density at radius 3 is 2.63 bits per heavy atom. The number of pyridine rings is 1. The van der Waals surface area contributed by atoms with Gasteiger partial charge >= 0.3 is 6.01 Å². The molecule has 192 valence electrons. The minimum atomic E-state index is 0.103. The molecule has 0 saturated carbocycles. The second-order valence-electron chi connectivity index (χ2n) is 10.1. The van der Waals surface area contributed by atoms with Gasteiger partial charge in [-0.3, -0.25) is 14.1 Å². The van der Waals surface area contributed by atoms with Crippen molar-refractivity contribution in [1.29, 1.82) is 5.26 Å². The first-order chi connectivity index (χ1) is 18.6. The van der Waals surface area contributed by atoms with E-state index in [9.17, 15) is 10.1 Å². The maximum Gasteiger partial charge on any atom is 0.302 e. The molecule has 0 unspecified atom stereocenters. The first-order valence-electron chi connectivity index (χ1n) is 13.1. The smallest absolute Gasteiger partial charge is 0.302 e. The van der Waals surface area contributed by atoms with Gasteiger partial charge in [-0.15, -0.1) is 0 Å². The normalized spacial score (nSPS) is 18.2. The molecule has 6 rings (SSSR count). The summed E-state index contributed by atoms with van der Waals surface area (Å²) in [5, 5.41) is 9.30. The lowest BCUT2D eigenvalue weighted by Crippen LogP contribution is -2.35. The number of carbonyl (C=O) groups is 1. The minimum Gasteiger partial charge on any atom is -0.464 e. The van der Waals surface area contributed by atoms with Crippen molar-refractivity contribution >= 4 is 17.4 Å². The van der Waals surface area contributed by atoms with Crippen LogP contribution in [0.4, 0.5) is 5.82 Å². The maximum absolute atomic E-state index is 12.2. The summed E-state index contributed by atoms with van der Waals surface area (Å²) >= 11 is 0. The zero-order valence-corrected chi connectivity index (χ0v) is 21.4. The lowest BCUT2D eigenvalue weighted by atomic mass is 9.99. The van der Waals surface area contributed by atoms with Crippen LogP contribution in [0.25, 0.3) is 28.0 Å². The van der Waals surface area contributed by atoms with E-state index in [2.05, 4.69) is 28.0 Å². The van der Waals surface area contributed by atoms with E-state index in [0.717, 1.165) is 42.6 Å². The van der Waals surface area contributed by atoms with Crippen molar-refractivity contribution in [3.63, 3.8) is 0 Å². The third-order valence-electron chi connectivity index (χ3n) is 7.36. The van der Waals surface area contributed by atoms with Gasteiger partial charge in [0.15, 0.2) is 5.65 Å². The molecule has 9 nitrogen and oxygen atoms in total. The number of fused-ring (bicyclic) bond motifs is 1. The standard InChI is InChI=1S/C29H29N7O2/c1-34-13-2-4-21(18-34)19-38-29-33-27(22-8-6-20(16-30)7-9-22)26(28-31-12-15-36(28)29)23-10-11-24(32-17-23)35-14-3-5-25(35)37/h6-12,15,17,21H,2-5,13-14,18-19H2,1H3/t21-/m1/s1. The van der Waals surface area contributed by atoms with E-state index in [4.69, 9.17) is 9.72 Å². The molecule has 1 amide bonds. The van der Waals surface area contributed by atoms with E-state index in [1.165, 1.54) is 6.42 Å². The molecule has 9 heteroatoms. The van der Waals surface area contributed by atoms with E-state index in [1.807, 2.05) is 34.9 Å². The van der Waals surface area contributed by atoms with Gasteiger partial charge in [0, 0.05) is 55.1 Å². The Bertz CT molecular complexity index is 1510. The summed E-state index contributed by atoms with van der Waals surface area (Å²) < 4.78 is 8.22. The molecule has 0 aliphatic carbocycles. The number of nitrogens with zero attached hydrogens (tertiary/aromatic N) is 7. The van der Waals surface area contributed by atoms with Gasteiger partial charge in [-0.05, 0) is 57.1 Å². The Hall–Kier alpha value is -4.29. The van der Waals surface area contributed by atoms with Crippen LogP contribution in [0.1, 0.15) is 31.2 Å². The van der Waals surface area contributed by atoms with Crippen molar-refractivity contribution in [2.24, 2.45) is 5.92 Å². The number of nitriles is 1. The number of hydrogen-bond donors (Lipinski definition) is 0. The van der Waals surface area contributed by atoms with Gasteiger partial charge in [-0.2, -0.15) is 10.2 Å². The zero-order chi connectivity index (χ0) is 26.1. The van der Waals surface area contributed by atoms with Crippen molar-refractivity contribution in [3.05, 3.63) is 60.6 Å². The SMILES string of the molecule is CN1CCC[C@@H](COc2nc(-c3ccc(C#N)cc3)c(-c3ccc(N4CCCC4=O)nc3)c3nccn23)C1. The lowest BCUT2D eigenvalue weighted by molar-refractivity contribution is -0.117. The predicted molar refractivity (Wildman–Crippen MR) is 144 cm³/mol. The molecule has 1 aromatic carbocycles.